The largest absolute Gasteiger partial charge is 0.369 e. The molecule has 0 unspecified atom stereocenters. The van der Waals surface area contributed by atoms with Crippen molar-refractivity contribution in [3.63, 3.8) is 0 Å². The topological polar surface area (TPSA) is 70.2 Å². The fraction of sp³-hybridized carbons (Fsp3) is 0.421. The summed E-state index contributed by atoms with van der Waals surface area (Å²) in [6.07, 6.45) is 1.41. The average molecular weight is 341 g/mol. The first-order valence-corrected chi connectivity index (χ1v) is 8.50. The van der Waals surface area contributed by atoms with Gasteiger partial charge in [-0.2, -0.15) is 0 Å². The highest BCUT2D eigenvalue weighted by molar-refractivity contribution is 6.04. The van der Waals surface area contributed by atoms with Gasteiger partial charge in [0.05, 0.1) is 0 Å². The van der Waals surface area contributed by atoms with Crippen LogP contribution in [0.15, 0.2) is 30.6 Å². The fourth-order valence-corrected chi connectivity index (χ4v) is 2.51. The van der Waals surface area contributed by atoms with Crippen molar-refractivity contribution in [2.24, 2.45) is 0 Å². The van der Waals surface area contributed by atoms with Crippen molar-refractivity contribution in [1.29, 1.82) is 0 Å². The molecular weight excluding hydrogens is 314 g/mol. The van der Waals surface area contributed by atoms with Crippen molar-refractivity contribution >= 4 is 17.4 Å². The normalized spacial score (nSPS) is 11.0. The maximum absolute atomic E-state index is 12.6. The first kappa shape index (κ1) is 18.9. The van der Waals surface area contributed by atoms with E-state index >= 15 is 0 Å². The predicted molar refractivity (Wildman–Crippen MR) is 102 cm³/mol. The SMILES string of the molecule is Cc1cccc(C(C)C)c1NC(=O)c1cc(NCCN(C)C)ncn1. The number of anilines is 2. The summed E-state index contributed by atoms with van der Waals surface area (Å²) in [6.45, 7) is 7.85. The summed E-state index contributed by atoms with van der Waals surface area (Å²) < 4.78 is 0. The monoisotopic (exact) mass is 341 g/mol. The van der Waals surface area contributed by atoms with Crippen molar-refractivity contribution in [1.82, 2.24) is 14.9 Å². The van der Waals surface area contributed by atoms with Gasteiger partial charge in [0.25, 0.3) is 5.91 Å². The van der Waals surface area contributed by atoms with Crippen LogP contribution < -0.4 is 10.6 Å². The van der Waals surface area contributed by atoms with E-state index in [9.17, 15) is 4.79 Å². The van der Waals surface area contributed by atoms with Gasteiger partial charge < -0.3 is 15.5 Å². The van der Waals surface area contributed by atoms with E-state index in [1.54, 1.807) is 6.07 Å². The molecule has 0 aliphatic carbocycles. The molecule has 0 fully saturated rings. The third-order valence-electron chi connectivity index (χ3n) is 3.93. The molecule has 0 aliphatic rings. The van der Waals surface area contributed by atoms with Crippen LogP contribution in [0.25, 0.3) is 0 Å². The number of nitrogens with one attached hydrogen (secondary N) is 2. The molecule has 0 saturated heterocycles. The van der Waals surface area contributed by atoms with E-state index in [1.807, 2.05) is 39.2 Å². The smallest absolute Gasteiger partial charge is 0.274 e. The van der Waals surface area contributed by atoms with E-state index < -0.39 is 0 Å². The lowest BCUT2D eigenvalue weighted by atomic mass is 9.98. The van der Waals surface area contributed by atoms with Gasteiger partial charge >= 0.3 is 0 Å². The fourth-order valence-electron chi connectivity index (χ4n) is 2.51. The molecule has 1 aromatic heterocycles. The Morgan fingerprint density at radius 2 is 2.00 bits per heavy atom. The minimum atomic E-state index is -0.228. The maximum atomic E-state index is 12.6. The predicted octanol–water partition coefficient (Wildman–Crippen LogP) is 3.13. The van der Waals surface area contributed by atoms with Crippen molar-refractivity contribution in [2.45, 2.75) is 26.7 Å². The van der Waals surface area contributed by atoms with E-state index in [-0.39, 0.29) is 5.91 Å². The Balaban J connectivity index is 2.14. The molecule has 0 radical (unpaired) electrons. The summed E-state index contributed by atoms with van der Waals surface area (Å²) >= 11 is 0. The zero-order valence-corrected chi connectivity index (χ0v) is 15.6. The van der Waals surface area contributed by atoms with Crippen LogP contribution in [0.3, 0.4) is 0 Å². The lowest BCUT2D eigenvalue weighted by Crippen LogP contribution is -2.21. The number of carbonyl (C=O) groups is 1. The lowest BCUT2D eigenvalue weighted by molar-refractivity contribution is 0.102. The summed E-state index contributed by atoms with van der Waals surface area (Å²) in [5.41, 5.74) is 3.37. The number of likely N-dealkylation sites (N-methyl/N-ethyl adjacent to an activating group) is 1. The standard InChI is InChI=1S/C19H27N5O/c1-13(2)15-8-6-7-14(3)18(15)23-19(25)16-11-17(22-12-21-16)20-9-10-24(4)5/h6-8,11-13H,9-10H2,1-5H3,(H,23,25)(H,20,21,22). The van der Waals surface area contributed by atoms with Crippen molar-refractivity contribution in [2.75, 3.05) is 37.8 Å². The van der Waals surface area contributed by atoms with Crippen LogP contribution in [-0.4, -0.2) is 48.0 Å². The van der Waals surface area contributed by atoms with Crippen LogP contribution in [0, 0.1) is 6.92 Å². The zero-order chi connectivity index (χ0) is 18.4. The summed E-state index contributed by atoms with van der Waals surface area (Å²) in [7, 11) is 4.02. The third-order valence-corrected chi connectivity index (χ3v) is 3.93. The first-order chi connectivity index (χ1) is 11.9. The van der Waals surface area contributed by atoms with Gasteiger partial charge in [-0.1, -0.05) is 32.0 Å². The lowest BCUT2D eigenvalue weighted by Gasteiger charge is -2.16. The Morgan fingerprint density at radius 3 is 2.68 bits per heavy atom. The van der Waals surface area contributed by atoms with Gasteiger partial charge in [0.2, 0.25) is 0 Å². The van der Waals surface area contributed by atoms with Gasteiger partial charge in [0.15, 0.2) is 0 Å². The Hall–Kier alpha value is -2.47. The molecule has 2 rings (SSSR count). The number of rotatable bonds is 7. The minimum Gasteiger partial charge on any atom is -0.369 e. The van der Waals surface area contributed by atoms with Crippen molar-refractivity contribution in [3.8, 4) is 0 Å². The van der Waals surface area contributed by atoms with E-state index in [0.717, 1.165) is 29.9 Å². The highest BCUT2D eigenvalue weighted by Gasteiger charge is 2.14. The number of carbonyl (C=O) groups excluding carboxylic acids is 1. The number of benzene rings is 1. The van der Waals surface area contributed by atoms with Crippen molar-refractivity contribution < 1.29 is 4.79 Å². The van der Waals surface area contributed by atoms with Crippen LogP contribution >= 0.6 is 0 Å². The van der Waals surface area contributed by atoms with Gasteiger partial charge in [-0.3, -0.25) is 4.79 Å². The van der Waals surface area contributed by atoms with E-state index in [2.05, 4.69) is 39.3 Å². The van der Waals surface area contributed by atoms with Crippen LogP contribution in [-0.2, 0) is 0 Å². The van der Waals surface area contributed by atoms with Crippen LogP contribution in [0.1, 0.15) is 41.4 Å². The number of amides is 1. The molecule has 0 saturated carbocycles. The van der Waals surface area contributed by atoms with E-state index in [4.69, 9.17) is 0 Å². The first-order valence-electron chi connectivity index (χ1n) is 8.50. The number of hydrogen-bond donors (Lipinski definition) is 2. The molecule has 2 aromatic rings. The number of aryl methyl sites for hydroxylation is 1. The zero-order valence-electron chi connectivity index (χ0n) is 15.6. The second-order valence-corrected chi connectivity index (χ2v) is 6.67. The Labute approximate surface area is 149 Å². The minimum absolute atomic E-state index is 0.228. The van der Waals surface area contributed by atoms with Crippen molar-refractivity contribution in [3.05, 3.63) is 47.4 Å². The number of aromatic nitrogens is 2. The molecule has 0 bridgehead atoms. The van der Waals surface area contributed by atoms with Gasteiger partial charge in [-0.25, -0.2) is 9.97 Å². The van der Waals surface area contributed by atoms with E-state index in [1.165, 1.54) is 6.33 Å². The van der Waals surface area contributed by atoms with Gasteiger partial charge in [0.1, 0.15) is 17.8 Å². The molecule has 134 valence electrons. The number of nitrogens with zero attached hydrogens (tertiary/aromatic N) is 3. The quantitative estimate of drug-likeness (QED) is 0.810. The maximum Gasteiger partial charge on any atom is 0.274 e. The molecule has 6 nitrogen and oxygen atoms in total. The molecule has 2 N–H and O–H groups in total. The molecule has 0 spiro atoms. The summed E-state index contributed by atoms with van der Waals surface area (Å²) in [5, 5.41) is 6.22. The number of hydrogen-bond acceptors (Lipinski definition) is 5. The molecular formula is C19H27N5O. The Kier molecular flexibility index (Phi) is 6.47. The molecule has 1 amide bonds. The molecule has 25 heavy (non-hydrogen) atoms. The second kappa shape index (κ2) is 8.58. The van der Waals surface area contributed by atoms with Gasteiger partial charge in [-0.15, -0.1) is 0 Å². The molecule has 1 aromatic carbocycles. The second-order valence-electron chi connectivity index (χ2n) is 6.67. The average Bonchev–Trinajstić information content (AvgIpc) is 2.56. The Morgan fingerprint density at radius 1 is 1.24 bits per heavy atom. The highest BCUT2D eigenvalue weighted by Crippen LogP contribution is 2.27. The van der Waals surface area contributed by atoms with Crippen LogP contribution in [0.5, 0.6) is 0 Å². The van der Waals surface area contributed by atoms with Crippen LogP contribution in [0.4, 0.5) is 11.5 Å². The summed E-state index contributed by atoms with van der Waals surface area (Å²) in [4.78, 5) is 23.0. The Bertz CT molecular complexity index is 728. The van der Waals surface area contributed by atoms with Gasteiger partial charge in [-0.05, 0) is 38.1 Å². The van der Waals surface area contributed by atoms with Gasteiger partial charge in [0, 0.05) is 24.8 Å². The molecule has 0 atom stereocenters. The molecule has 6 heteroatoms. The van der Waals surface area contributed by atoms with Crippen LogP contribution in [0.2, 0.25) is 0 Å². The number of para-hydroxylation sites is 1. The third kappa shape index (κ3) is 5.26. The highest BCUT2D eigenvalue weighted by atomic mass is 16.1. The molecule has 0 aliphatic heterocycles. The van der Waals surface area contributed by atoms with E-state index in [0.29, 0.717) is 17.4 Å². The summed E-state index contributed by atoms with van der Waals surface area (Å²) in [5.74, 6) is 0.744. The summed E-state index contributed by atoms with van der Waals surface area (Å²) in [6, 6.07) is 7.73. The molecule has 1 heterocycles.